The van der Waals surface area contributed by atoms with Crippen molar-refractivity contribution in [2.45, 2.75) is 45.7 Å². The zero-order valence-electron chi connectivity index (χ0n) is 16.9. The van der Waals surface area contributed by atoms with Gasteiger partial charge >= 0.3 is 0 Å². The molecule has 0 saturated heterocycles. The van der Waals surface area contributed by atoms with Gasteiger partial charge in [0, 0.05) is 37.0 Å². The highest BCUT2D eigenvalue weighted by atomic mass is 16.5. The Labute approximate surface area is 162 Å². The Morgan fingerprint density at radius 1 is 1.30 bits per heavy atom. The third-order valence-electron chi connectivity index (χ3n) is 4.02. The Balaban J connectivity index is 0.000000722. The summed E-state index contributed by atoms with van der Waals surface area (Å²) in [7, 11) is 2.66. The largest absolute Gasteiger partial charge is 0.497 e. The molecule has 0 heterocycles. The minimum atomic E-state index is 0.158. The molecular weight excluding hydrogens is 346 g/mol. The van der Waals surface area contributed by atoms with E-state index in [9.17, 15) is 9.90 Å². The van der Waals surface area contributed by atoms with E-state index < -0.39 is 0 Å². The van der Waals surface area contributed by atoms with Crippen LogP contribution in [-0.2, 0) is 11.3 Å². The number of hydrogen-bond donors (Lipinski definition) is 5. The van der Waals surface area contributed by atoms with Gasteiger partial charge in [-0.25, -0.2) is 0 Å². The summed E-state index contributed by atoms with van der Waals surface area (Å²) >= 11 is 0. The third-order valence-corrected chi connectivity index (χ3v) is 4.02. The minimum Gasteiger partial charge on any atom is -0.497 e. The van der Waals surface area contributed by atoms with Gasteiger partial charge in [-0.15, -0.1) is 0 Å². The molecule has 7 nitrogen and oxygen atoms in total. The van der Waals surface area contributed by atoms with Crippen molar-refractivity contribution in [1.29, 1.82) is 0 Å². The minimum absolute atomic E-state index is 0.158. The fourth-order valence-electron chi connectivity index (χ4n) is 2.60. The van der Waals surface area contributed by atoms with Crippen molar-refractivity contribution in [2.75, 3.05) is 20.8 Å². The number of carbonyl (C=O) groups is 1. The van der Waals surface area contributed by atoms with Gasteiger partial charge in [-0.05, 0) is 50.8 Å². The van der Waals surface area contributed by atoms with Gasteiger partial charge in [-0.2, -0.15) is 0 Å². The summed E-state index contributed by atoms with van der Waals surface area (Å²) in [6.07, 6.45) is 3.68. The number of carbonyl (C=O) groups excluding carboxylic acids is 1. The summed E-state index contributed by atoms with van der Waals surface area (Å²) < 4.78 is 5.13. The number of aliphatic hydroxyl groups is 2. The number of allylic oxidation sites excluding steroid dienone is 1. The summed E-state index contributed by atoms with van der Waals surface area (Å²) in [5.41, 5.74) is 9.12. The number of hydrogen-bond acceptors (Lipinski definition) is 6. The molecule has 0 aromatic heterocycles. The highest BCUT2D eigenvalue weighted by Crippen LogP contribution is 2.26. The van der Waals surface area contributed by atoms with Gasteiger partial charge in [-0.1, -0.05) is 12.1 Å². The zero-order chi connectivity index (χ0) is 20.7. The topological polar surface area (TPSA) is 117 Å². The maximum Gasteiger partial charge on any atom is 0.207 e. The fraction of sp³-hybridized carbons (Fsp3) is 0.550. The van der Waals surface area contributed by atoms with Crippen LogP contribution in [0.1, 0.15) is 38.7 Å². The molecule has 1 aliphatic rings. The van der Waals surface area contributed by atoms with Crippen molar-refractivity contribution >= 4 is 6.41 Å². The monoisotopic (exact) mass is 381 g/mol. The molecule has 0 fully saturated rings. The van der Waals surface area contributed by atoms with Gasteiger partial charge in [0.25, 0.3) is 0 Å². The van der Waals surface area contributed by atoms with Crippen LogP contribution in [-0.4, -0.2) is 43.5 Å². The molecule has 1 aliphatic carbocycles. The average Bonchev–Trinajstić information content (AvgIpc) is 2.69. The lowest BCUT2D eigenvalue weighted by Gasteiger charge is -2.26. The number of ether oxygens (including phenoxy) is 1. The molecule has 27 heavy (non-hydrogen) atoms. The van der Waals surface area contributed by atoms with Crippen LogP contribution in [0.5, 0.6) is 5.75 Å². The summed E-state index contributed by atoms with van der Waals surface area (Å²) in [5, 5.41) is 22.3. The lowest BCUT2D eigenvalue weighted by molar-refractivity contribution is -0.109. The molecule has 0 radical (unpaired) electrons. The third kappa shape index (κ3) is 9.86. The predicted octanol–water partition coefficient (Wildman–Crippen LogP) is 1.50. The maximum atomic E-state index is 9.50. The summed E-state index contributed by atoms with van der Waals surface area (Å²) in [4.78, 5) is 9.50. The molecule has 0 saturated carbocycles. The first kappa shape index (κ1) is 24.8. The molecule has 0 spiro atoms. The van der Waals surface area contributed by atoms with E-state index in [1.54, 1.807) is 7.11 Å². The Hall–Kier alpha value is -2.25. The second-order valence-electron chi connectivity index (χ2n) is 6.35. The second kappa shape index (κ2) is 14.9. The zero-order valence-corrected chi connectivity index (χ0v) is 16.9. The number of amides is 1. The molecule has 7 heteroatoms. The highest BCUT2D eigenvalue weighted by Gasteiger charge is 2.20. The lowest BCUT2D eigenvalue weighted by Crippen LogP contribution is -2.29. The van der Waals surface area contributed by atoms with Crippen molar-refractivity contribution in [3.63, 3.8) is 0 Å². The van der Waals surface area contributed by atoms with E-state index in [0.29, 0.717) is 6.41 Å². The number of benzene rings is 1. The van der Waals surface area contributed by atoms with Crippen LogP contribution in [0.15, 0.2) is 35.7 Å². The normalized spacial score (nSPS) is 15.7. The first-order valence-corrected chi connectivity index (χ1v) is 9.12. The molecule has 1 amide bonds. The number of nitrogens with two attached hydrogens (primary N) is 1. The molecular formula is C20H35N3O4. The average molecular weight is 382 g/mol. The van der Waals surface area contributed by atoms with Crippen LogP contribution in [0.25, 0.3) is 0 Å². The fourth-order valence-corrected chi connectivity index (χ4v) is 2.60. The van der Waals surface area contributed by atoms with E-state index in [2.05, 4.69) is 10.6 Å². The second-order valence-corrected chi connectivity index (χ2v) is 6.35. The Bertz CT molecular complexity index is 545. The van der Waals surface area contributed by atoms with Crippen LogP contribution in [0.4, 0.5) is 0 Å². The van der Waals surface area contributed by atoms with Crippen LogP contribution < -0.4 is 21.1 Å². The Kier molecular flexibility index (Phi) is 13.6. The molecule has 0 bridgehead atoms. The van der Waals surface area contributed by atoms with E-state index >= 15 is 0 Å². The first-order valence-electron chi connectivity index (χ1n) is 9.12. The van der Waals surface area contributed by atoms with Gasteiger partial charge in [-0.3, -0.25) is 4.79 Å². The van der Waals surface area contributed by atoms with Gasteiger partial charge in [0.15, 0.2) is 0 Å². The first-order chi connectivity index (χ1) is 13.0. The summed E-state index contributed by atoms with van der Waals surface area (Å²) in [6.45, 7) is 4.70. The number of nitrogens with one attached hydrogen (secondary N) is 2. The lowest BCUT2D eigenvalue weighted by atomic mass is 9.90. The van der Waals surface area contributed by atoms with E-state index in [4.69, 9.17) is 15.6 Å². The smallest absolute Gasteiger partial charge is 0.207 e. The van der Waals surface area contributed by atoms with Crippen LogP contribution >= 0.6 is 0 Å². The molecule has 1 unspecified atom stereocenters. The van der Waals surface area contributed by atoms with Crippen LogP contribution in [0.2, 0.25) is 0 Å². The molecule has 154 valence electrons. The van der Waals surface area contributed by atoms with E-state index in [-0.39, 0.29) is 18.6 Å². The predicted molar refractivity (Wildman–Crippen MR) is 108 cm³/mol. The molecule has 1 aromatic rings. The van der Waals surface area contributed by atoms with Crippen molar-refractivity contribution in [3.05, 3.63) is 41.2 Å². The number of rotatable bonds is 7. The van der Waals surface area contributed by atoms with Gasteiger partial charge in [0.05, 0.1) is 13.7 Å². The van der Waals surface area contributed by atoms with Crippen molar-refractivity contribution < 1.29 is 19.7 Å². The number of aliphatic hydroxyl groups excluding tert-OH is 2. The van der Waals surface area contributed by atoms with E-state index in [1.165, 1.54) is 5.56 Å². The van der Waals surface area contributed by atoms with Crippen molar-refractivity contribution in [3.8, 4) is 5.75 Å². The Morgan fingerprint density at radius 2 is 1.93 bits per heavy atom. The quantitative estimate of drug-likeness (QED) is 0.457. The van der Waals surface area contributed by atoms with Gasteiger partial charge in [0.2, 0.25) is 6.41 Å². The summed E-state index contributed by atoms with van der Waals surface area (Å²) in [5.74, 6) is 1.01. The van der Waals surface area contributed by atoms with Crippen LogP contribution in [0, 0.1) is 5.92 Å². The SMILES string of the molecule is CC(C)NC=O.CO.COc1ccc(CNC2=C(N)CCCC2CO)cc1. The van der Waals surface area contributed by atoms with Crippen LogP contribution in [0.3, 0.4) is 0 Å². The van der Waals surface area contributed by atoms with Gasteiger partial charge < -0.3 is 31.3 Å². The molecule has 1 atom stereocenters. The van der Waals surface area contributed by atoms with Crippen molar-refractivity contribution in [2.24, 2.45) is 11.7 Å². The van der Waals surface area contributed by atoms with Gasteiger partial charge in [0.1, 0.15) is 5.75 Å². The van der Waals surface area contributed by atoms with E-state index in [0.717, 1.165) is 50.1 Å². The maximum absolute atomic E-state index is 9.50. The number of methoxy groups -OCH3 is 1. The molecule has 6 N–H and O–H groups in total. The highest BCUT2D eigenvalue weighted by molar-refractivity contribution is 5.46. The summed E-state index contributed by atoms with van der Waals surface area (Å²) in [6, 6.07) is 8.22. The Morgan fingerprint density at radius 3 is 2.37 bits per heavy atom. The van der Waals surface area contributed by atoms with Crippen molar-refractivity contribution in [1.82, 2.24) is 10.6 Å². The molecule has 0 aliphatic heterocycles. The standard InChI is InChI=1S/C15H22N2O2.C4H9NO.CH4O/c1-19-13-7-5-11(6-8-13)9-17-15-12(10-18)3-2-4-14(15)16;1-4(2)5-3-6;1-2/h5-8,12,17-18H,2-4,9-10,16H2,1H3;3-4H,1-2H3,(H,5,6);2H,1H3. The van der Waals surface area contributed by atoms with E-state index in [1.807, 2.05) is 38.1 Å². The molecule has 1 aromatic carbocycles. The molecule has 2 rings (SSSR count).